The number of nitrogens with one attached hydrogen (secondary N) is 1. The fourth-order valence-corrected chi connectivity index (χ4v) is 4.70. The first-order valence-corrected chi connectivity index (χ1v) is 9.45. The van der Waals surface area contributed by atoms with Gasteiger partial charge >= 0.3 is 0 Å². The Kier molecular flexibility index (Phi) is 5.48. The molecule has 0 saturated carbocycles. The van der Waals surface area contributed by atoms with Gasteiger partial charge in [-0.2, -0.15) is 0 Å². The highest BCUT2D eigenvalue weighted by Crippen LogP contribution is 2.28. The summed E-state index contributed by atoms with van der Waals surface area (Å²) in [5, 5.41) is 2.72. The molecule has 2 rings (SSSR count). The zero-order valence-electron chi connectivity index (χ0n) is 13.7. The lowest BCUT2D eigenvalue weighted by Crippen LogP contribution is -2.48. The summed E-state index contributed by atoms with van der Waals surface area (Å²) in [6, 6.07) is 4.66. The third kappa shape index (κ3) is 4.70. The van der Waals surface area contributed by atoms with Crippen molar-refractivity contribution in [2.75, 3.05) is 24.7 Å². The van der Waals surface area contributed by atoms with Gasteiger partial charge in [-0.05, 0) is 38.5 Å². The van der Waals surface area contributed by atoms with Crippen LogP contribution in [0.1, 0.15) is 30.6 Å². The SMILES string of the molecule is CCOc1cc(C=O)ccc1OCC(=O)N[C@]1(C)CCS(=O)(=O)C1. The number of amides is 1. The summed E-state index contributed by atoms with van der Waals surface area (Å²) in [7, 11) is -3.10. The van der Waals surface area contributed by atoms with Gasteiger partial charge in [-0.15, -0.1) is 0 Å². The largest absolute Gasteiger partial charge is 0.490 e. The number of sulfone groups is 1. The Morgan fingerprint density at radius 1 is 1.33 bits per heavy atom. The molecule has 1 N–H and O–H groups in total. The van der Waals surface area contributed by atoms with Gasteiger partial charge in [-0.3, -0.25) is 9.59 Å². The summed E-state index contributed by atoms with van der Waals surface area (Å²) in [4.78, 5) is 22.9. The molecule has 1 saturated heterocycles. The molecule has 1 amide bonds. The van der Waals surface area contributed by atoms with E-state index >= 15 is 0 Å². The van der Waals surface area contributed by atoms with E-state index in [0.29, 0.717) is 36.4 Å². The monoisotopic (exact) mass is 355 g/mol. The van der Waals surface area contributed by atoms with Crippen LogP contribution >= 0.6 is 0 Å². The van der Waals surface area contributed by atoms with Crippen LogP contribution in [0.15, 0.2) is 18.2 Å². The minimum atomic E-state index is -3.10. The van der Waals surface area contributed by atoms with Crippen LogP contribution in [-0.2, 0) is 14.6 Å². The molecule has 1 aromatic rings. The zero-order chi connectivity index (χ0) is 17.8. The molecular formula is C16H21NO6S. The number of hydrogen-bond acceptors (Lipinski definition) is 6. The Balaban J connectivity index is 1.98. The average Bonchev–Trinajstić information content (AvgIpc) is 2.79. The molecule has 1 fully saturated rings. The van der Waals surface area contributed by atoms with E-state index in [1.165, 1.54) is 6.07 Å². The summed E-state index contributed by atoms with van der Waals surface area (Å²) in [5.41, 5.74) is -0.317. The van der Waals surface area contributed by atoms with Gasteiger partial charge < -0.3 is 14.8 Å². The number of aldehydes is 1. The predicted molar refractivity (Wildman–Crippen MR) is 88.3 cm³/mol. The molecule has 0 radical (unpaired) electrons. The van der Waals surface area contributed by atoms with Gasteiger partial charge in [-0.25, -0.2) is 8.42 Å². The van der Waals surface area contributed by atoms with E-state index in [0.717, 1.165) is 0 Å². The van der Waals surface area contributed by atoms with Crippen LogP contribution in [0.5, 0.6) is 11.5 Å². The molecule has 1 aliphatic rings. The fraction of sp³-hybridized carbons (Fsp3) is 0.500. The molecule has 0 bridgehead atoms. The third-order valence-corrected chi connectivity index (χ3v) is 5.61. The molecule has 24 heavy (non-hydrogen) atoms. The van der Waals surface area contributed by atoms with Gasteiger partial charge in [0.05, 0.1) is 23.7 Å². The van der Waals surface area contributed by atoms with Crippen molar-refractivity contribution in [1.82, 2.24) is 5.32 Å². The molecule has 8 heteroatoms. The standard InChI is InChI=1S/C16H21NO6S/c1-3-22-14-8-12(9-18)4-5-13(14)23-10-15(19)17-16(2)6-7-24(20,21)11-16/h4-5,8-9H,3,6-7,10-11H2,1-2H3,(H,17,19)/t16-/m1/s1. The lowest BCUT2D eigenvalue weighted by atomic mass is 10.0. The number of carbonyl (C=O) groups is 2. The molecule has 0 aliphatic carbocycles. The first kappa shape index (κ1) is 18.3. The van der Waals surface area contributed by atoms with Crippen LogP contribution in [0.25, 0.3) is 0 Å². The number of hydrogen-bond donors (Lipinski definition) is 1. The minimum Gasteiger partial charge on any atom is -0.490 e. The quantitative estimate of drug-likeness (QED) is 0.732. The lowest BCUT2D eigenvalue weighted by Gasteiger charge is -2.24. The molecule has 1 aromatic carbocycles. The second-order valence-corrected chi connectivity index (χ2v) is 8.18. The zero-order valence-corrected chi connectivity index (χ0v) is 14.5. The Morgan fingerprint density at radius 3 is 2.67 bits per heavy atom. The highest BCUT2D eigenvalue weighted by atomic mass is 32.2. The maximum atomic E-state index is 12.1. The molecule has 7 nitrogen and oxygen atoms in total. The number of benzene rings is 1. The van der Waals surface area contributed by atoms with Crippen molar-refractivity contribution in [1.29, 1.82) is 0 Å². The van der Waals surface area contributed by atoms with Crippen molar-refractivity contribution in [3.8, 4) is 11.5 Å². The van der Waals surface area contributed by atoms with Crippen molar-refractivity contribution in [2.45, 2.75) is 25.8 Å². The first-order chi connectivity index (χ1) is 11.3. The van der Waals surface area contributed by atoms with E-state index in [4.69, 9.17) is 9.47 Å². The first-order valence-electron chi connectivity index (χ1n) is 7.63. The van der Waals surface area contributed by atoms with Crippen molar-refractivity contribution in [3.05, 3.63) is 23.8 Å². The summed E-state index contributed by atoms with van der Waals surface area (Å²) < 4.78 is 34.0. The van der Waals surface area contributed by atoms with Crippen LogP contribution in [-0.4, -0.2) is 50.9 Å². The second-order valence-electron chi connectivity index (χ2n) is 6.00. The number of ether oxygens (including phenoxy) is 2. The Labute approximate surface area is 141 Å². The van der Waals surface area contributed by atoms with Gasteiger partial charge in [0.1, 0.15) is 6.29 Å². The summed E-state index contributed by atoms with van der Waals surface area (Å²) in [6.07, 6.45) is 1.08. The normalized spacial score (nSPS) is 21.9. The van der Waals surface area contributed by atoms with E-state index in [9.17, 15) is 18.0 Å². The van der Waals surface area contributed by atoms with Gasteiger partial charge in [0.25, 0.3) is 5.91 Å². The third-order valence-electron chi connectivity index (χ3n) is 3.71. The van der Waals surface area contributed by atoms with Crippen molar-refractivity contribution in [2.24, 2.45) is 0 Å². The lowest BCUT2D eigenvalue weighted by molar-refractivity contribution is -0.124. The van der Waals surface area contributed by atoms with Crippen molar-refractivity contribution < 1.29 is 27.5 Å². The minimum absolute atomic E-state index is 0.0655. The van der Waals surface area contributed by atoms with E-state index < -0.39 is 21.3 Å². The highest BCUT2D eigenvalue weighted by molar-refractivity contribution is 7.91. The maximum absolute atomic E-state index is 12.1. The van der Waals surface area contributed by atoms with E-state index in [1.54, 1.807) is 26.0 Å². The van der Waals surface area contributed by atoms with Crippen LogP contribution in [0.3, 0.4) is 0 Å². The fourth-order valence-electron chi connectivity index (χ4n) is 2.61. The van der Waals surface area contributed by atoms with Crippen molar-refractivity contribution >= 4 is 22.0 Å². The molecule has 1 heterocycles. The molecule has 132 valence electrons. The topological polar surface area (TPSA) is 98.8 Å². The Morgan fingerprint density at radius 2 is 2.08 bits per heavy atom. The predicted octanol–water partition coefficient (Wildman–Crippen LogP) is 0.970. The molecular weight excluding hydrogens is 334 g/mol. The van der Waals surface area contributed by atoms with E-state index in [-0.39, 0.29) is 18.1 Å². The Hall–Kier alpha value is -2.09. The van der Waals surface area contributed by atoms with E-state index in [2.05, 4.69) is 5.32 Å². The van der Waals surface area contributed by atoms with Crippen LogP contribution in [0.2, 0.25) is 0 Å². The summed E-state index contributed by atoms with van der Waals surface area (Å²) in [5.74, 6) is 0.332. The Bertz CT molecular complexity index is 730. The molecule has 0 spiro atoms. The smallest absolute Gasteiger partial charge is 0.258 e. The van der Waals surface area contributed by atoms with Gasteiger partial charge in [0.2, 0.25) is 0 Å². The average molecular weight is 355 g/mol. The number of carbonyl (C=O) groups excluding carboxylic acids is 2. The summed E-state index contributed by atoms with van der Waals surface area (Å²) >= 11 is 0. The number of rotatable bonds is 7. The molecule has 1 aliphatic heterocycles. The van der Waals surface area contributed by atoms with Crippen molar-refractivity contribution in [3.63, 3.8) is 0 Å². The molecule has 0 aromatic heterocycles. The van der Waals surface area contributed by atoms with Gasteiger partial charge in [0, 0.05) is 5.56 Å². The molecule has 1 atom stereocenters. The molecule has 0 unspecified atom stereocenters. The summed E-state index contributed by atoms with van der Waals surface area (Å²) in [6.45, 7) is 3.63. The van der Waals surface area contributed by atoms with Crippen LogP contribution in [0, 0.1) is 0 Å². The van der Waals surface area contributed by atoms with Crippen LogP contribution < -0.4 is 14.8 Å². The second kappa shape index (κ2) is 7.21. The van der Waals surface area contributed by atoms with Gasteiger partial charge in [-0.1, -0.05) is 0 Å². The van der Waals surface area contributed by atoms with Gasteiger partial charge in [0.15, 0.2) is 27.9 Å². The van der Waals surface area contributed by atoms with E-state index in [1.807, 2.05) is 0 Å². The highest BCUT2D eigenvalue weighted by Gasteiger charge is 2.39. The maximum Gasteiger partial charge on any atom is 0.258 e. The van der Waals surface area contributed by atoms with Crippen LogP contribution in [0.4, 0.5) is 0 Å².